The number of rotatable bonds is 10. The topological polar surface area (TPSA) is 87.5 Å². The zero-order valence-electron chi connectivity index (χ0n) is 17.9. The molecule has 32 heavy (non-hydrogen) atoms. The maximum Gasteiger partial charge on any atom is 0.251 e. The highest BCUT2D eigenvalue weighted by Crippen LogP contribution is 2.26. The molecule has 8 nitrogen and oxygen atoms in total. The van der Waals surface area contributed by atoms with E-state index in [2.05, 4.69) is 22.1 Å². The second-order valence-corrected chi connectivity index (χ2v) is 8.00. The van der Waals surface area contributed by atoms with Crippen LogP contribution in [0.15, 0.2) is 59.2 Å². The highest BCUT2D eigenvalue weighted by atomic mass is 35.5. The smallest absolute Gasteiger partial charge is 0.251 e. The van der Waals surface area contributed by atoms with Gasteiger partial charge in [0, 0.05) is 28.1 Å². The molecule has 3 rings (SSSR count). The Morgan fingerprint density at radius 3 is 2.22 bits per heavy atom. The number of thioether (sulfide) groups is 1. The van der Waals surface area contributed by atoms with E-state index >= 15 is 0 Å². The van der Waals surface area contributed by atoms with Crippen molar-refractivity contribution < 1.29 is 19.0 Å². The van der Waals surface area contributed by atoms with E-state index in [1.807, 2.05) is 28.8 Å². The first-order valence-corrected chi connectivity index (χ1v) is 10.9. The molecule has 0 aliphatic rings. The summed E-state index contributed by atoms with van der Waals surface area (Å²) in [5.74, 6) is 2.51. The maximum atomic E-state index is 12.8. The van der Waals surface area contributed by atoms with E-state index in [9.17, 15) is 4.79 Å². The Morgan fingerprint density at radius 1 is 1.03 bits per heavy atom. The molecule has 0 atom stereocenters. The molecule has 168 valence electrons. The third-order valence-corrected chi connectivity index (χ3v) is 5.72. The first-order chi connectivity index (χ1) is 15.4. The predicted octanol–water partition coefficient (Wildman–Crippen LogP) is 4.07. The van der Waals surface area contributed by atoms with E-state index in [1.165, 1.54) is 26.0 Å². The zero-order chi connectivity index (χ0) is 23.1. The predicted molar refractivity (Wildman–Crippen MR) is 124 cm³/mol. The van der Waals surface area contributed by atoms with Gasteiger partial charge in [0.15, 0.2) is 11.0 Å². The number of benzene rings is 2. The summed E-state index contributed by atoms with van der Waals surface area (Å²) in [7, 11) is 4.67. The van der Waals surface area contributed by atoms with Crippen LogP contribution in [0.25, 0.3) is 5.69 Å². The molecule has 0 saturated carbocycles. The molecule has 1 aromatic heterocycles. The molecule has 3 aromatic rings. The van der Waals surface area contributed by atoms with Gasteiger partial charge in [0.2, 0.25) is 0 Å². The molecular weight excluding hydrogens is 452 g/mol. The fourth-order valence-corrected chi connectivity index (χ4v) is 3.73. The first kappa shape index (κ1) is 23.5. The Kier molecular flexibility index (Phi) is 8.02. The Labute approximate surface area is 195 Å². The van der Waals surface area contributed by atoms with Crippen molar-refractivity contribution in [2.45, 2.75) is 11.7 Å². The van der Waals surface area contributed by atoms with Crippen molar-refractivity contribution in [2.75, 3.05) is 27.1 Å². The number of methoxy groups -OCH3 is 3. The number of hydrogen-bond acceptors (Lipinski definition) is 7. The zero-order valence-corrected chi connectivity index (χ0v) is 19.5. The summed E-state index contributed by atoms with van der Waals surface area (Å²) < 4.78 is 17.6. The molecule has 1 amide bonds. The van der Waals surface area contributed by atoms with E-state index in [0.29, 0.717) is 38.8 Å². The molecule has 1 heterocycles. The lowest BCUT2D eigenvalue weighted by Gasteiger charge is -2.12. The van der Waals surface area contributed by atoms with Crippen LogP contribution in [-0.2, 0) is 6.54 Å². The van der Waals surface area contributed by atoms with Crippen molar-refractivity contribution in [1.82, 2.24) is 20.1 Å². The number of carbonyl (C=O) groups is 1. The summed E-state index contributed by atoms with van der Waals surface area (Å²) in [6.45, 7) is 3.87. The van der Waals surface area contributed by atoms with Crippen LogP contribution in [-0.4, -0.2) is 47.8 Å². The highest BCUT2D eigenvalue weighted by Gasteiger charge is 2.17. The Hall–Kier alpha value is -3.17. The number of ether oxygens (including phenoxy) is 3. The molecule has 0 bridgehead atoms. The van der Waals surface area contributed by atoms with Crippen molar-refractivity contribution >= 4 is 29.3 Å². The summed E-state index contributed by atoms with van der Waals surface area (Å²) >= 11 is 7.33. The van der Waals surface area contributed by atoms with Crippen molar-refractivity contribution in [3.05, 3.63) is 65.5 Å². The van der Waals surface area contributed by atoms with Crippen molar-refractivity contribution in [2.24, 2.45) is 0 Å². The van der Waals surface area contributed by atoms with Crippen LogP contribution >= 0.6 is 23.4 Å². The van der Waals surface area contributed by atoms with E-state index in [1.54, 1.807) is 25.3 Å². The Balaban J connectivity index is 1.85. The molecule has 0 unspecified atom stereocenters. The molecule has 10 heteroatoms. The third kappa shape index (κ3) is 5.74. The highest BCUT2D eigenvalue weighted by molar-refractivity contribution is 7.99. The minimum absolute atomic E-state index is 0.153. The molecule has 0 fully saturated rings. The van der Waals surface area contributed by atoms with E-state index in [-0.39, 0.29) is 12.5 Å². The van der Waals surface area contributed by atoms with Crippen molar-refractivity contribution in [3.63, 3.8) is 0 Å². The Bertz CT molecular complexity index is 1080. The number of aromatic nitrogens is 3. The van der Waals surface area contributed by atoms with Gasteiger partial charge in [-0.3, -0.25) is 9.36 Å². The van der Waals surface area contributed by atoms with Gasteiger partial charge in [-0.05, 0) is 36.4 Å². The molecule has 0 spiro atoms. The summed E-state index contributed by atoms with van der Waals surface area (Å²) in [6, 6.07) is 12.4. The SMILES string of the molecule is C=C(Cl)CSc1nnc(CNC(=O)c2cc(OC)cc(OC)c2)n1-c1ccc(OC)cc1. The largest absolute Gasteiger partial charge is 0.497 e. The maximum absolute atomic E-state index is 12.8. The number of carbonyl (C=O) groups excluding carboxylic acids is 1. The van der Waals surface area contributed by atoms with Crippen molar-refractivity contribution in [3.8, 4) is 22.9 Å². The quantitative estimate of drug-likeness (QED) is 0.443. The monoisotopic (exact) mass is 474 g/mol. The lowest BCUT2D eigenvalue weighted by molar-refractivity contribution is 0.0949. The number of hydrogen-bond donors (Lipinski definition) is 1. The lowest BCUT2D eigenvalue weighted by Crippen LogP contribution is -2.24. The third-order valence-electron chi connectivity index (χ3n) is 4.41. The average molecular weight is 475 g/mol. The molecular formula is C22H23ClN4O4S. The van der Waals surface area contributed by atoms with Crippen LogP contribution in [0.5, 0.6) is 17.2 Å². The van der Waals surface area contributed by atoms with Gasteiger partial charge >= 0.3 is 0 Å². The second kappa shape index (κ2) is 10.9. The summed E-state index contributed by atoms with van der Waals surface area (Å²) in [5.41, 5.74) is 1.23. The van der Waals surface area contributed by atoms with Crippen molar-refractivity contribution in [1.29, 1.82) is 0 Å². The Morgan fingerprint density at radius 2 is 1.66 bits per heavy atom. The van der Waals surface area contributed by atoms with Gasteiger partial charge in [-0.1, -0.05) is 29.9 Å². The standard InChI is InChI=1S/C22H23ClN4O4S/c1-14(23)13-32-22-26-25-20(27(22)16-5-7-17(29-2)8-6-16)12-24-21(28)15-9-18(30-3)11-19(10-15)31-4/h5-11H,1,12-13H2,2-4H3,(H,24,28). The van der Waals surface area contributed by atoms with E-state index in [0.717, 1.165) is 11.4 Å². The normalized spacial score (nSPS) is 10.5. The van der Waals surface area contributed by atoms with Crippen LogP contribution in [0.2, 0.25) is 0 Å². The number of amides is 1. The van der Waals surface area contributed by atoms with Gasteiger partial charge in [0.25, 0.3) is 5.91 Å². The van der Waals surface area contributed by atoms with E-state index < -0.39 is 0 Å². The molecule has 1 N–H and O–H groups in total. The van der Waals surface area contributed by atoms with Gasteiger partial charge in [0.05, 0.1) is 27.9 Å². The number of halogens is 1. The van der Waals surface area contributed by atoms with E-state index in [4.69, 9.17) is 25.8 Å². The van der Waals surface area contributed by atoms with Crippen LogP contribution in [0, 0.1) is 0 Å². The molecule has 0 aliphatic carbocycles. The van der Waals surface area contributed by atoms with Gasteiger partial charge in [-0.15, -0.1) is 10.2 Å². The summed E-state index contributed by atoms with van der Waals surface area (Å²) in [6.07, 6.45) is 0. The first-order valence-electron chi connectivity index (χ1n) is 9.51. The summed E-state index contributed by atoms with van der Waals surface area (Å²) in [4.78, 5) is 12.8. The molecule has 0 aliphatic heterocycles. The fraction of sp³-hybridized carbons (Fsp3) is 0.227. The van der Waals surface area contributed by atoms with Crippen LogP contribution in [0.3, 0.4) is 0 Å². The number of nitrogens with one attached hydrogen (secondary N) is 1. The minimum Gasteiger partial charge on any atom is -0.497 e. The lowest BCUT2D eigenvalue weighted by atomic mass is 10.2. The van der Waals surface area contributed by atoms with Gasteiger partial charge in [-0.25, -0.2) is 0 Å². The molecule has 0 radical (unpaired) electrons. The number of nitrogens with zero attached hydrogens (tertiary/aromatic N) is 3. The average Bonchev–Trinajstić information content (AvgIpc) is 3.23. The molecule has 0 saturated heterocycles. The van der Waals surface area contributed by atoms with Crippen LogP contribution in [0.4, 0.5) is 0 Å². The van der Waals surface area contributed by atoms with Gasteiger partial charge in [-0.2, -0.15) is 0 Å². The molecule has 2 aromatic carbocycles. The van der Waals surface area contributed by atoms with Crippen LogP contribution < -0.4 is 19.5 Å². The second-order valence-electron chi connectivity index (χ2n) is 6.52. The van der Waals surface area contributed by atoms with Gasteiger partial charge < -0.3 is 19.5 Å². The fourth-order valence-electron chi connectivity index (χ4n) is 2.84. The summed E-state index contributed by atoms with van der Waals surface area (Å²) in [5, 5.41) is 12.5. The van der Waals surface area contributed by atoms with Gasteiger partial charge in [0.1, 0.15) is 17.2 Å². The minimum atomic E-state index is -0.296. The van der Waals surface area contributed by atoms with Crippen LogP contribution in [0.1, 0.15) is 16.2 Å².